The highest BCUT2D eigenvalue weighted by Gasteiger charge is 2.08. The van der Waals surface area contributed by atoms with Crippen molar-refractivity contribution in [1.29, 1.82) is 0 Å². The molecule has 0 aliphatic heterocycles. The van der Waals surface area contributed by atoms with Crippen molar-refractivity contribution in [2.45, 2.75) is 16.9 Å². The van der Waals surface area contributed by atoms with Crippen molar-refractivity contribution in [2.75, 3.05) is 14.2 Å². The molecule has 0 radical (unpaired) electrons. The van der Waals surface area contributed by atoms with Gasteiger partial charge in [0.25, 0.3) is 0 Å². The fourth-order valence-corrected chi connectivity index (χ4v) is 3.31. The van der Waals surface area contributed by atoms with Crippen molar-refractivity contribution in [1.82, 2.24) is 0 Å². The number of thioether (sulfide) groups is 1. The first-order valence-corrected chi connectivity index (χ1v) is 7.50. The van der Waals surface area contributed by atoms with Gasteiger partial charge in [-0.1, -0.05) is 18.2 Å². The van der Waals surface area contributed by atoms with Crippen LogP contribution >= 0.6 is 23.1 Å². The van der Waals surface area contributed by atoms with Gasteiger partial charge >= 0.3 is 0 Å². The highest BCUT2D eigenvalue weighted by Crippen LogP contribution is 2.26. The van der Waals surface area contributed by atoms with Crippen LogP contribution in [-0.4, -0.2) is 14.2 Å². The summed E-state index contributed by atoms with van der Waals surface area (Å²) in [5, 5.41) is 2.11. The van der Waals surface area contributed by atoms with E-state index < -0.39 is 0 Å². The van der Waals surface area contributed by atoms with E-state index in [4.69, 9.17) is 9.47 Å². The molecular formula is C14H16O2S2. The highest BCUT2D eigenvalue weighted by atomic mass is 32.2. The van der Waals surface area contributed by atoms with E-state index in [9.17, 15) is 0 Å². The molecule has 1 aromatic heterocycles. The number of hydrogen-bond donors (Lipinski definition) is 0. The first kappa shape index (κ1) is 13.6. The molecule has 0 fully saturated rings. The van der Waals surface area contributed by atoms with Gasteiger partial charge in [0.05, 0.1) is 0 Å². The second-order valence-electron chi connectivity index (χ2n) is 3.74. The summed E-state index contributed by atoms with van der Waals surface area (Å²) in [6.07, 6.45) is -0.277. The average molecular weight is 280 g/mol. The molecule has 1 heterocycles. The van der Waals surface area contributed by atoms with E-state index in [1.54, 1.807) is 25.6 Å². The SMILES string of the molecule is COC(OC)c1ccc(SCc2cccs2)cc1. The molecule has 96 valence electrons. The van der Waals surface area contributed by atoms with Gasteiger partial charge in [0.15, 0.2) is 6.29 Å². The summed E-state index contributed by atoms with van der Waals surface area (Å²) in [5.41, 5.74) is 1.04. The number of ether oxygens (including phenoxy) is 2. The van der Waals surface area contributed by atoms with Crippen molar-refractivity contribution in [3.63, 3.8) is 0 Å². The van der Waals surface area contributed by atoms with Gasteiger partial charge in [0.2, 0.25) is 0 Å². The van der Waals surface area contributed by atoms with E-state index in [0.29, 0.717) is 0 Å². The first-order chi connectivity index (χ1) is 8.83. The van der Waals surface area contributed by atoms with Crippen LogP contribution < -0.4 is 0 Å². The minimum absolute atomic E-state index is 0.277. The number of thiophene rings is 1. The largest absolute Gasteiger partial charge is 0.352 e. The monoisotopic (exact) mass is 280 g/mol. The summed E-state index contributed by atoms with van der Waals surface area (Å²) in [6.45, 7) is 0. The Labute approximate surface area is 116 Å². The molecule has 2 nitrogen and oxygen atoms in total. The molecule has 0 saturated heterocycles. The van der Waals surface area contributed by atoms with Gasteiger partial charge in [-0.25, -0.2) is 0 Å². The second-order valence-corrected chi connectivity index (χ2v) is 5.82. The molecule has 4 heteroatoms. The summed E-state index contributed by atoms with van der Waals surface area (Å²) < 4.78 is 10.4. The third-order valence-electron chi connectivity index (χ3n) is 2.54. The van der Waals surface area contributed by atoms with Crippen molar-refractivity contribution in [3.05, 3.63) is 52.2 Å². The summed E-state index contributed by atoms with van der Waals surface area (Å²) in [6, 6.07) is 12.6. The zero-order valence-electron chi connectivity index (χ0n) is 10.5. The molecule has 0 spiro atoms. The first-order valence-electron chi connectivity index (χ1n) is 5.64. The lowest BCUT2D eigenvalue weighted by Gasteiger charge is -2.13. The lowest BCUT2D eigenvalue weighted by molar-refractivity contribution is -0.106. The molecule has 0 atom stereocenters. The summed E-state index contributed by atoms with van der Waals surface area (Å²) in [7, 11) is 3.29. The van der Waals surface area contributed by atoms with Crippen molar-refractivity contribution < 1.29 is 9.47 Å². The fraction of sp³-hybridized carbons (Fsp3) is 0.286. The van der Waals surface area contributed by atoms with Gasteiger partial charge in [-0.2, -0.15) is 0 Å². The maximum Gasteiger partial charge on any atom is 0.183 e. The Balaban J connectivity index is 1.95. The number of hydrogen-bond acceptors (Lipinski definition) is 4. The molecule has 0 N–H and O–H groups in total. The molecule has 0 aliphatic carbocycles. The summed E-state index contributed by atoms with van der Waals surface area (Å²) in [5.74, 6) is 1.02. The maximum absolute atomic E-state index is 5.22. The lowest BCUT2D eigenvalue weighted by atomic mass is 10.2. The molecule has 0 saturated carbocycles. The van der Waals surface area contributed by atoms with Crippen molar-refractivity contribution >= 4 is 23.1 Å². The predicted octanol–water partition coefficient (Wildman–Crippen LogP) is 4.33. The van der Waals surface area contributed by atoms with Crippen molar-refractivity contribution in [2.24, 2.45) is 0 Å². The molecule has 0 amide bonds. The van der Waals surface area contributed by atoms with E-state index in [1.165, 1.54) is 9.77 Å². The van der Waals surface area contributed by atoms with Gasteiger partial charge in [-0.15, -0.1) is 23.1 Å². The van der Waals surface area contributed by atoms with Crippen LogP contribution in [0.25, 0.3) is 0 Å². The molecule has 0 bridgehead atoms. The van der Waals surface area contributed by atoms with Crippen LogP contribution in [0.1, 0.15) is 16.7 Å². The fourth-order valence-electron chi connectivity index (χ4n) is 1.64. The Hall–Kier alpha value is -0.810. The Kier molecular flexibility index (Phi) is 5.26. The third-order valence-corrected chi connectivity index (χ3v) is 4.66. The van der Waals surface area contributed by atoms with Crippen LogP contribution in [-0.2, 0) is 15.2 Å². The van der Waals surface area contributed by atoms with E-state index in [0.717, 1.165) is 11.3 Å². The predicted molar refractivity (Wildman–Crippen MR) is 77.1 cm³/mol. The second kappa shape index (κ2) is 6.95. The zero-order chi connectivity index (χ0) is 12.8. The Morgan fingerprint density at radius 2 is 1.83 bits per heavy atom. The summed E-state index contributed by atoms with van der Waals surface area (Å²) in [4.78, 5) is 2.66. The normalized spacial score (nSPS) is 11.1. The molecule has 0 aliphatic rings. The Morgan fingerprint density at radius 1 is 1.11 bits per heavy atom. The highest BCUT2D eigenvalue weighted by molar-refractivity contribution is 7.98. The number of methoxy groups -OCH3 is 2. The standard InChI is InChI=1S/C14H16O2S2/c1-15-14(16-2)11-5-7-12(8-6-11)18-10-13-4-3-9-17-13/h3-9,14H,10H2,1-2H3. The molecular weight excluding hydrogens is 264 g/mol. The maximum atomic E-state index is 5.22. The quantitative estimate of drug-likeness (QED) is 0.579. The molecule has 2 rings (SSSR count). The van der Waals surface area contributed by atoms with Crippen LogP contribution in [0.4, 0.5) is 0 Å². The topological polar surface area (TPSA) is 18.5 Å². The zero-order valence-corrected chi connectivity index (χ0v) is 12.1. The summed E-state index contributed by atoms with van der Waals surface area (Å²) >= 11 is 3.64. The van der Waals surface area contributed by atoms with E-state index in [1.807, 2.05) is 11.8 Å². The Bertz CT molecular complexity index is 447. The van der Waals surface area contributed by atoms with Gasteiger partial charge in [-0.05, 0) is 23.6 Å². The lowest BCUT2D eigenvalue weighted by Crippen LogP contribution is -2.02. The van der Waals surface area contributed by atoms with E-state index in [2.05, 4.69) is 41.8 Å². The minimum atomic E-state index is -0.277. The van der Waals surface area contributed by atoms with Crippen LogP contribution in [0.2, 0.25) is 0 Å². The molecule has 2 aromatic rings. The van der Waals surface area contributed by atoms with E-state index in [-0.39, 0.29) is 6.29 Å². The van der Waals surface area contributed by atoms with E-state index >= 15 is 0 Å². The number of rotatable bonds is 6. The van der Waals surface area contributed by atoms with Gasteiger partial charge in [0, 0.05) is 35.3 Å². The van der Waals surface area contributed by atoms with Crippen molar-refractivity contribution in [3.8, 4) is 0 Å². The minimum Gasteiger partial charge on any atom is -0.352 e. The molecule has 0 unspecified atom stereocenters. The Morgan fingerprint density at radius 3 is 2.39 bits per heavy atom. The van der Waals surface area contributed by atoms with Crippen LogP contribution in [0, 0.1) is 0 Å². The number of benzene rings is 1. The average Bonchev–Trinajstić information content (AvgIpc) is 2.92. The molecule has 18 heavy (non-hydrogen) atoms. The van der Waals surface area contributed by atoms with Gasteiger partial charge in [-0.3, -0.25) is 0 Å². The third kappa shape index (κ3) is 3.59. The molecule has 1 aromatic carbocycles. The van der Waals surface area contributed by atoms with Crippen LogP contribution in [0.5, 0.6) is 0 Å². The van der Waals surface area contributed by atoms with Gasteiger partial charge < -0.3 is 9.47 Å². The smallest absolute Gasteiger partial charge is 0.183 e. The van der Waals surface area contributed by atoms with Crippen LogP contribution in [0.3, 0.4) is 0 Å². The van der Waals surface area contributed by atoms with Crippen LogP contribution in [0.15, 0.2) is 46.7 Å². The van der Waals surface area contributed by atoms with Gasteiger partial charge in [0.1, 0.15) is 0 Å².